The number of nitrogens with one attached hydrogen (secondary N) is 2. The highest BCUT2D eigenvalue weighted by Crippen LogP contribution is 2.26. The van der Waals surface area contributed by atoms with Crippen LogP contribution in [0.3, 0.4) is 0 Å². The van der Waals surface area contributed by atoms with E-state index in [4.69, 9.17) is 4.74 Å². The molecular formula is C21H20N4O2S. The molecule has 1 atom stereocenters. The Morgan fingerprint density at radius 3 is 2.71 bits per heavy atom. The molecule has 0 spiro atoms. The van der Waals surface area contributed by atoms with Crippen LogP contribution in [0.5, 0.6) is 5.75 Å². The van der Waals surface area contributed by atoms with Gasteiger partial charge in [-0.25, -0.2) is 9.97 Å². The average molecular weight is 392 g/mol. The smallest absolute Gasteiger partial charge is 0.226 e. The van der Waals surface area contributed by atoms with Crippen LogP contribution in [0.15, 0.2) is 53.9 Å². The minimum atomic E-state index is -0.209. The summed E-state index contributed by atoms with van der Waals surface area (Å²) >= 11 is 1.53. The first-order valence-electron chi connectivity index (χ1n) is 8.95. The van der Waals surface area contributed by atoms with E-state index in [1.165, 1.54) is 11.3 Å². The molecule has 0 fully saturated rings. The maximum atomic E-state index is 12.4. The standard InChI is InChI=1S/C21H20N4O2S/c1-13(20-24-17-5-3-4-6-18(17)25-20)22-19(26)11-15-12-28-21(23-15)14-7-9-16(27-2)10-8-14/h3-10,12-13H,11H2,1-2H3,(H,22,26)(H,24,25). The summed E-state index contributed by atoms with van der Waals surface area (Å²) in [5.74, 6) is 1.46. The number of rotatable bonds is 6. The number of benzene rings is 2. The third-order valence-corrected chi connectivity index (χ3v) is 5.37. The number of aromatic amines is 1. The van der Waals surface area contributed by atoms with Gasteiger partial charge >= 0.3 is 0 Å². The molecule has 2 N–H and O–H groups in total. The van der Waals surface area contributed by atoms with Crippen molar-refractivity contribution in [3.8, 4) is 16.3 Å². The minimum absolute atomic E-state index is 0.0838. The van der Waals surface area contributed by atoms with Crippen LogP contribution in [0.1, 0.15) is 24.5 Å². The molecule has 2 aromatic carbocycles. The van der Waals surface area contributed by atoms with Crippen molar-refractivity contribution in [3.63, 3.8) is 0 Å². The number of para-hydroxylation sites is 2. The van der Waals surface area contributed by atoms with E-state index in [9.17, 15) is 4.79 Å². The van der Waals surface area contributed by atoms with Crippen LogP contribution in [0.25, 0.3) is 21.6 Å². The van der Waals surface area contributed by atoms with E-state index in [0.29, 0.717) is 0 Å². The van der Waals surface area contributed by atoms with E-state index in [1.54, 1.807) is 7.11 Å². The summed E-state index contributed by atoms with van der Waals surface area (Å²) in [6.07, 6.45) is 0.233. The number of aromatic nitrogens is 3. The van der Waals surface area contributed by atoms with E-state index in [-0.39, 0.29) is 18.4 Å². The lowest BCUT2D eigenvalue weighted by Crippen LogP contribution is -2.28. The Balaban J connectivity index is 1.40. The fraction of sp³-hybridized carbons (Fsp3) is 0.190. The predicted octanol–water partition coefficient (Wildman–Crippen LogP) is 4.11. The number of nitrogens with zero attached hydrogens (tertiary/aromatic N) is 2. The van der Waals surface area contributed by atoms with Crippen LogP contribution in [0.4, 0.5) is 0 Å². The molecule has 1 amide bonds. The zero-order chi connectivity index (χ0) is 19.5. The van der Waals surface area contributed by atoms with Crippen LogP contribution in [0.2, 0.25) is 0 Å². The topological polar surface area (TPSA) is 79.9 Å². The number of H-pyrrole nitrogens is 1. The summed E-state index contributed by atoms with van der Waals surface area (Å²) in [6, 6.07) is 15.3. The van der Waals surface area contributed by atoms with Gasteiger partial charge in [-0.15, -0.1) is 11.3 Å². The first kappa shape index (κ1) is 18.2. The van der Waals surface area contributed by atoms with Gasteiger partial charge in [0.1, 0.15) is 16.6 Å². The number of fused-ring (bicyclic) bond motifs is 1. The second-order valence-electron chi connectivity index (χ2n) is 6.48. The largest absolute Gasteiger partial charge is 0.497 e. The first-order chi connectivity index (χ1) is 13.6. The highest BCUT2D eigenvalue weighted by atomic mass is 32.1. The summed E-state index contributed by atoms with van der Waals surface area (Å²) in [7, 11) is 1.64. The van der Waals surface area contributed by atoms with Crippen LogP contribution < -0.4 is 10.1 Å². The summed E-state index contributed by atoms with van der Waals surface area (Å²) in [4.78, 5) is 24.8. The molecule has 0 radical (unpaired) electrons. The maximum Gasteiger partial charge on any atom is 0.226 e. The molecule has 1 unspecified atom stereocenters. The van der Waals surface area contributed by atoms with E-state index in [2.05, 4.69) is 20.3 Å². The molecule has 4 rings (SSSR count). The molecule has 2 aromatic heterocycles. The lowest BCUT2D eigenvalue weighted by Gasteiger charge is -2.10. The second-order valence-corrected chi connectivity index (χ2v) is 7.34. The van der Waals surface area contributed by atoms with E-state index in [1.807, 2.05) is 60.8 Å². The number of methoxy groups -OCH3 is 1. The van der Waals surface area contributed by atoms with Gasteiger partial charge in [0.2, 0.25) is 5.91 Å². The Bertz CT molecular complexity index is 1070. The van der Waals surface area contributed by atoms with E-state index in [0.717, 1.165) is 38.9 Å². The van der Waals surface area contributed by atoms with Gasteiger partial charge in [-0.1, -0.05) is 12.1 Å². The molecule has 6 nitrogen and oxygen atoms in total. The second kappa shape index (κ2) is 7.82. The first-order valence-corrected chi connectivity index (χ1v) is 9.83. The van der Waals surface area contributed by atoms with Crippen LogP contribution in [-0.4, -0.2) is 28.0 Å². The third-order valence-electron chi connectivity index (χ3n) is 4.43. The Morgan fingerprint density at radius 1 is 1.18 bits per heavy atom. The number of thiazole rings is 1. The van der Waals surface area contributed by atoms with Gasteiger partial charge < -0.3 is 15.0 Å². The van der Waals surface area contributed by atoms with E-state index < -0.39 is 0 Å². The fourth-order valence-corrected chi connectivity index (χ4v) is 3.78. The third kappa shape index (κ3) is 3.89. The Kier molecular flexibility index (Phi) is 5.08. The molecule has 0 saturated carbocycles. The predicted molar refractivity (Wildman–Crippen MR) is 110 cm³/mol. The van der Waals surface area contributed by atoms with Gasteiger partial charge in [0.25, 0.3) is 0 Å². The average Bonchev–Trinajstić information content (AvgIpc) is 3.35. The van der Waals surface area contributed by atoms with Gasteiger partial charge in [0, 0.05) is 10.9 Å². The van der Waals surface area contributed by atoms with Crippen molar-refractivity contribution < 1.29 is 9.53 Å². The molecule has 0 aliphatic heterocycles. The van der Waals surface area contributed by atoms with Crippen molar-refractivity contribution in [2.24, 2.45) is 0 Å². The summed E-state index contributed by atoms with van der Waals surface area (Å²) in [5.41, 5.74) is 3.61. The molecule has 4 aromatic rings. The Morgan fingerprint density at radius 2 is 1.96 bits per heavy atom. The zero-order valence-electron chi connectivity index (χ0n) is 15.6. The molecule has 0 saturated heterocycles. The molecule has 142 valence electrons. The molecule has 0 aliphatic carbocycles. The lowest BCUT2D eigenvalue weighted by atomic mass is 10.2. The van der Waals surface area contributed by atoms with Crippen LogP contribution in [-0.2, 0) is 11.2 Å². The number of hydrogen-bond acceptors (Lipinski definition) is 5. The summed E-state index contributed by atoms with van der Waals surface area (Å²) in [6.45, 7) is 1.92. The van der Waals surface area contributed by atoms with Gasteiger partial charge in [-0.05, 0) is 43.3 Å². The van der Waals surface area contributed by atoms with Crippen molar-refractivity contribution in [1.82, 2.24) is 20.3 Å². The normalized spacial score (nSPS) is 12.1. The van der Waals surface area contributed by atoms with Gasteiger partial charge in [0.05, 0.1) is 36.3 Å². The van der Waals surface area contributed by atoms with Crippen molar-refractivity contribution in [2.45, 2.75) is 19.4 Å². The molecule has 28 heavy (non-hydrogen) atoms. The number of imidazole rings is 1. The Hall–Kier alpha value is -3.19. The molecule has 0 bridgehead atoms. The van der Waals surface area contributed by atoms with Crippen LogP contribution >= 0.6 is 11.3 Å². The van der Waals surface area contributed by atoms with Gasteiger partial charge in [-0.3, -0.25) is 4.79 Å². The van der Waals surface area contributed by atoms with Crippen molar-refractivity contribution in [2.75, 3.05) is 7.11 Å². The van der Waals surface area contributed by atoms with Crippen molar-refractivity contribution in [1.29, 1.82) is 0 Å². The minimum Gasteiger partial charge on any atom is -0.497 e. The fourth-order valence-electron chi connectivity index (χ4n) is 2.96. The lowest BCUT2D eigenvalue weighted by molar-refractivity contribution is -0.121. The van der Waals surface area contributed by atoms with Gasteiger partial charge in [0.15, 0.2) is 0 Å². The summed E-state index contributed by atoms with van der Waals surface area (Å²) < 4.78 is 5.18. The number of carbonyl (C=O) groups excluding carboxylic acids is 1. The molecule has 7 heteroatoms. The zero-order valence-corrected chi connectivity index (χ0v) is 16.4. The monoisotopic (exact) mass is 392 g/mol. The van der Waals surface area contributed by atoms with E-state index >= 15 is 0 Å². The molecule has 0 aliphatic rings. The summed E-state index contributed by atoms with van der Waals surface area (Å²) in [5, 5.41) is 5.79. The number of amides is 1. The number of ether oxygens (including phenoxy) is 1. The highest BCUT2D eigenvalue weighted by Gasteiger charge is 2.15. The van der Waals surface area contributed by atoms with Gasteiger partial charge in [-0.2, -0.15) is 0 Å². The van der Waals surface area contributed by atoms with Crippen molar-refractivity contribution in [3.05, 3.63) is 65.4 Å². The number of hydrogen-bond donors (Lipinski definition) is 2. The van der Waals surface area contributed by atoms with Crippen LogP contribution in [0, 0.1) is 0 Å². The maximum absolute atomic E-state index is 12.4. The Labute approximate surface area is 166 Å². The SMILES string of the molecule is COc1ccc(-c2nc(CC(=O)NC(C)c3nc4ccccc4[nH]3)cs2)cc1. The molecule has 2 heterocycles. The molecular weight excluding hydrogens is 372 g/mol. The number of carbonyl (C=O) groups is 1. The highest BCUT2D eigenvalue weighted by molar-refractivity contribution is 7.13. The van der Waals surface area contributed by atoms with Crippen molar-refractivity contribution >= 4 is 28.3 Å². The quantitative estimate of drug-likeness (QED) is 0.517.